The Kier molecular flexibility index (Phi) is 3.85. The van der Waals surface area contributed by atoms with Crippen molar-refractivity contribution in [3.05, 3.63) is 18.1 Å². The average Bonchev–Trinajstić information content (AvgIpc) is 2.37. The maximum Gasteiger partial charge on any atom is 0.225 e. The van der Waals surface area contributed by atoms with Gasteiger partial charge in [-0.05, 0) is 32.6 Å². The molecule has 1 aromatic rings. The molecule has 2 aliphatic rings. The van der Waals surface area contributed by atoms with E-state index < -0.39 is 0 Å². The third kappa shape index (κ3) is 2.92. The van der Waals surface area contributed by atoms with Gasteiger partial charge in [-0.1, -0.05) is 6.42 Å². The lowest BCUT2D eigenvalue weighted by molar-refractivity contribution is -0.140. The Morgan fingerprint density at radius 1 is 1.35 bits per heavy atom. The number of hydrogen-bond donors (Lipinski definition) is 0. The highest BCUT2D eigenvalue weighted by Gasteiger charge is 2.32. The number of amides is 1. The predicted molar refractivity (Wildman–Crippen MR) is 74.3 cm³/mol. The molecule has 3 rings (SSSR count). The molecule has 1 unspecified atom stereocenters. The van der Waals surface area contributed by atoms with Gasteiger partial charge in [-0.15, -0.1) is 0 Å². The van der Waals surface area contributed by atoms with E-state index in [2.05, 4.69) is 9.97 Å². The predicted octanol–water partition coefficient (Wildman–Crippen LogP) is 1.95. The molecule has 5 nitrogen and oxygen atoms in total. The molecule has 2 fully saturated rings. The molecule has 1 aliphatic heterocycles. The molecule has 1 aromatic heterocycles. The van der Waals surface area contributed by atoms with Crippen LogP contribution in [-0.2, 0) is 4.79 Å². The summed E-state index contributed by atoms with van der Waals surface area (Å²) in [4.78, 5) is 22.6. The van der Waals surface area contributed by atoms with Crippen LogP contribution in [0.25, 0.3) is 0 Å². The summed E-state index contributed by atoms with van der Waals surface area (Å²) in [6.45, 7) is 3.41. The van der Waals surface area contributed by atoms with Crippen molar-refractivity contribution in [3.8, 4) is 5.88 Å². The van der Waals surface area contributed by atoms with Crippen LogP contribution >= 0.6 is 0 Å². The van der Waals surface area contributed by atoms with Crippen LogP contribution in [0.15, 0.2) is 12.3 Å². The molecule has 0 bridgehead atoms. The highest BCUT2D eigenvalue weighted by Crippen LogP contribution is 2.29. The van der Waals surface area contributed by atoms with Crippen LogP contribution < -0.4 is 4.74 Å². The molecule has 20 heavy (non-hydrogen) atoms. The summed E-state index contributed by atoms with van der Waals surface area (Å²) < 4.78 is 5.90. The van der Waals surface area contributed by atoms with Gasteiger partial charge in [0.05, 0.1) is 6.54 Å². The molecule has 108 valence electrons. The van der Waals surface area contributed by atoms with E-state index in [0.29, 0.717) is 24.2 Å². The van der Waals surface area contributed by atoms with Gasteiger partial charge in [-0.2, -0.15) is 4.98 Å². The highest BCUT2D eigenvalue weighted by atomic mass is 16.5. The monoisotopic (exact) mass is 275 g/mol. The topological polar surface area (TPSA) is 55.3 Å². The lowest BCUT2D eigenvalue weighted by atomic mass is 9.84. The zero-order valence-corrected chi connectivity index (χ0v) is 11.9. The van der Waals surface area contributed by atoms with Crippen LogP contribution in [-0.4, -0.2) is 40.0 Å². The summed E-state index contributed by atoms with van der Waals surface area (Å²) in [6, 6.07) is 1.78. The Hall–Kier alpha value is -1.65. The third-order valence-corrected chi connectivity index (χ3v) is 4.18. The van der Waals surface area contributed by atoms with Gasteiger partial charge in [0.15, 0.2) is 0 Å². The Labute approximate surface area is 119 Å². The second-order valence-corrected chi connectivity index (χ2v) is 5.74. The second kappa shape index (κ2) is 5.77. The lowest BCUT2D eigenvalue weighted by Gasteiger charge is -2.37. The van der Waals surface area contributed by atoms with Crippen molar-refractivity contribution in [2.45, 2.75) is 45.1 Å². The summed E-state index contributed by atoms with van der Waals surface area (Å²) in [5.74, 6) is 1.92. The number of likely N-dealkylation sites (tertiary alicyclic amines) is 1. The van der Waals surface area contributed by atoms with Gasteiger partial charge in [0, 0.05) is 24.7 Å². The fourth-order valence-corrected chi connectivity index (χ4v) is 2.82. The quantitative estimate of drug-likeness (QED) is 0.846. The molecule has 1 aliphatic carbocycles. The minimum absolute atomic E-state index is 0.0575. The van der Waals surface area contributed by atoms with Crippen LogP contribution in [0.5, 0.6) is 5.88 Å². The number of aromatic nitrogens is 2. The number of rotatable bonds is 3. The number of piperidine rings is 1. The van der Waals surface area contributed by atoms with Gasteiger partial charge in [0.25, 0.3) is 0 Å². The number of hydrogen-bond acceptors (Lipinski definition) is 4. The van der Waals surface area contributed by atoms with Crippen LogP contribution in [0.2, 0.25) is 0 Å². The van der Waals surface area contributed by atoms with Crippen molar-refractivity contribution in [2.75, 3.05) is 13.1 Å². The third-order valence-electron chi connectivity index (χ3n) is 4.18. The maximum atomic E-state index is 12.3. The van der Waals surface area contributed by atoms with E-state index in [4.69, 9.17) is 4.74 Å². The Morgan fingerprint density at radius 2 is 2.20 bits per heavy atom. The Balaban J connectivity index is 1.58. The number of carbonyl (C=O) groups excluding carboxylic acids is 1. The summed E-state index contributed by atoms with van der Waals surface area (Å²) in [6.07, 6.45) is 7.08. The molecule has 0 spiro atoms. The molecule has 1 amide bonds. The smallest absolute Gasteiger partial charge is 0.225 e. The second-order valence-electron chi connectivity index (χ2n) is 5.74. The largest absolute Gasteiger partial charge is 0.472 e. The number of aryl methyl sites for hydroxylation is 1. The first-order valence-corrected chi connectivity index (χ1v) is 7.47. The Bertz CT molecular complexity index is 488. The number of carbonyl (C=O) groups is 1. The van der Waals surface area contributed by atoms with E-state index in [1.807, 2.05) is 11.8 Å². The molecule has 0 radical (unpaired) electrons. The molecule has 2 heterocycles. The maximum absolute atomic E-state index is 12.3. The van der Waals surface area contributed by atoms with Gasteiger partial charge in [-0.25, -0.2) is 4.98 Å². The van der Waals surface area contributed by atoms with E-state index in [1.54, 1.807) is 12.3 Å². The average molecular weight is 275 g/mol. The van der Waals surface area contributed by atoms with Crippen LogP contribution in [0.4, 0.5) is 0 Å². The molecular formula is C15H21N3O2. The number of nitrogens with zero attached hydrogens (tertiary/aromatic N) is 3. The SMILES string of the molecule is Cc1nccc(OC2CCCN(C(=O)C3CCC3)C2)n1. The zero-order valence-electron chi connectivity index (χ0n) is 11.9. The number of ether oxygens (including phenoxy) is 1. The van der Waals surface area contributed by atoms with Crippen molar-refractivity contribution in [3.63, 3.8) is 0 Å². The highest BCUT2D eigenvalue weighted by molar-refractivity contribution is 5.79. The van der Waals surface area contributed by atoms with E-state index >= 15 is 0 Å². The van der Waals surface area contributed by atoms with Crippen LogP contribution in [0.3, 0.4) is 0 Å². The van der Waals surface area contributed by atoms with Crippen molar-refractivity contribution in [1.29, 1.82) is 0 Å². The first-order chi connectivity index (χ1) is 9.72. The molecule has 1 atom stereocenters. The molecule has 1 saturated heterocycles. The normalized spacial score (nSPS) is 23.2. The molecular weight excluding hydrogens is 254 g/mol. The summed E-state index contributed by atoms with van der Waals surface area (Å²) in [7, 11) is 0. The summed E-state index contributed by atoms with van der Waals surface area (Å²) in [5.41, 5.74) is 0. The van der Waals surface area contributed by atoms with Gasteiger partial charge in [0.2, 0.25) is 11.8 Å². The minimum atomic E-state index is 0.0575. The van der Waals surface area contributed by atoms with Gasteiger partial charge < -0.3 is 9.64 Å². The van der Waals surface area contributed by atoms with Crippen molar-refractivity contribution >= 4 is 5.91 Å². The summed E-state index contributed by atoms with van der Waals surface area (Å²) >= 11 is 0. The molecule has 1 saturated carbocycles. The van der Waals surface area contributed by atoms with Gasteiger partial charge in [-0.3, -0.25) is 4.79 Å². The Morgan fingerprint density at radius 3 is 2.90 bits per heavy atom. The van der Waals surface area contributed by atoms with Gasteiger partial charge >= 0.3 is 0 Å². The molecule has 0 aromatic carbocycles. The fourth-order valence-electron chi connectivity index (χ4n) is 2.82. The summed E-state index contributed by atoms with van der Waals surface area (Å²) in [5, 5.41) is 0. The lowest BCUT2D eigenvalue weighted by Crippen LogP contribution is -2.47. The van der Waals surface area contributed by atoms with Crippen molar-refractivity contribution in [2.24, 2.45) is 5.92 Å². The van der Waals surface area contributed by atoms with Crippen LogP contribution in [0, 0.1) is 12.8 Å². The first-order valence-electron chi connectivity index (χ1n) is 7.47. The molecule has 0 N–H and O–H groups in total. The first kappa shape index (κ1) is 13.3. The minimum Gasteiger partial charge on any atom is -0.472 e. The standard InChI is InChI=1S/C15H21N3O2/c1-11-16-8-7-14(17-11)20-13-6-3-9-18(10-13)15(19)12-4-2-5-12/h7-8,12-13H,2-6,9-10H2,1H3. The van der Waals surface area contributed by atoms with Gasteiger partial charge in [0.1, 0.15) is 11.9 Å². The zero-order chi connectivity index (χ0) is 13.9. The fraction of sp³-hybridized carbons (Fsp3) is 0.667. The van der Waals surface area contributed by atoms with Crippen molar-refractivity contribution in [1.82, 2.24) is 14.9 Å². The molecule has 5 heteroatoms. The van der Waals surface area contributed by atoms with E-state index in [1.165, 1.54) is 6.42 Å². The van der Waals surface area contributed by atoms with E-state index in [-0.39, 0.29) is 12.0 Å². The van der Waals surface area contributed by atoms with Crippen molar-refractivity contribution < 1.29 is 9.53 Å². The van der Waals surface area contributed by atoms with E-state index in [0.717, 1.165) is 32.2 Å². The van der Waals surface area contributed by atoms with Crippen LogP contribution in [0.1, 0.15) is 37.9 Å². The van der Waals surface area contributed by atoms with E-state index in [9.17, 15) is 4.79 Å².